The third-order valence-electron chi connectivity index (χ3n) is 3.35. The van der Waals surface area contributed by atoms with Crippen molar-refractivity contribution in [1.29, 1.82) is 0 Å². The Morgan fingerprint density at radius 1 is 1.47 bits per heavy atom. The molecule has 1 aliphatic carbocycles. The third-order valence-corrected chi connectivity index (χ3v) is 3.35. The molecule has 1 aromatic heterocycles. The van der Waals surface area contributed by atoms with E-state index in [9.17, 15) is 0 Å². The van der Waals surface area contributed by atoms with Crippen LogP contribution in [0.2, 0.25) is 0 Å². The minimum atomic E-state index is 0.747. The van der Waals surface area contributed by atoms with Crippen molar-refractivity contribution in [2.45, 2.75) is 33.1 Å². The molecule has 0 aromatic carbocycles. The molecule has 0 fully saturated rings. The molecule has 2 rings (SSSR count). The first kappa shape index (κ1) is 10.4. The van der Waals surface area contributed by atoms with E-state index in [1.54, 1.807) is 0 Å². The molecule has 0 saturated carbocycles. The van der Waals surface area contributed by atoms with Crippen LogP contribution in [-0.2, 0) is 12.8 Å². The number of anilines is 1. The Hall–Kier alpha value is -1.12. The van der Waals surface area contributed by atoms with Gasteiger partial charge in [0.25, 0.3) is 0 Å². The highest BCUT2D eigenvalue weighted by Gasteiger charge is 2.22. The summed E-state index contributed by atoms with van der Waals surface area (Å²) in [6, 6.07) is 0. The zero-order valence-electron chi connectivity index (χ0n) is 9.75. The van der Waals surface area contributed by atoms with Crippen molar-refractivity contribution >= 4 is 5.95 Å². The number of aryl methyl sites for hydroxylation is 1. The maximum absolute atomic E-state index is 4.50. The van der Waals surface area contributed by atoms with Crippen molar-refractivity contribution in [3.8, 4) is 0 Å². The first-order valence-electron chi connectivity index (χ1n) is 5.73. The highest BCUT2D eigenvalue weighted by molar-refractivity contribution is 5.30. The van der Waals surface area contributed by atoms with Crippen molar-refractivity contribution in [3.05, 3.63) is 17.5 Å². The van der Waals surface area contributed by atoms with Crippen molar-refractivity contribution in [1.82, 2.24) is 9.97 Å². The number of nitrogens with one attached hydrogen (secondary N) is 1. The van der Waals surface area contributed by atoms with Gasteiger partial charge in [0.15, 0.2) is 0 Å². The maximum Gasteiger partial charge on any atom is 0.222 e. The van der Waals surface area contributed by atoms with Gasteiger partial charge in [0.05, 0.1) is 0 Å². The van der Waals surface area contributed by atoms with E-state index in [-0.39, 0.29) is 0 Å². The number of fused-ring (bicyclic) bond motifs is 1. The van der Waals surface area contributed by atoms with E-state index < -0.39 is 0 Å². The molecule has 0 spiro atoms. The van der Waals surface area contributed by atoms with Gasteiger partial charge in [-0.3, -0.25) is 0 Å². The smallest absolute Gasteiger partial charge is 0.222 e. The second-order valence-electron chi connectivity index (χ2n) is 4.66. The monoisotopic (exact) mass is 205 g/mol. The molecule has 15 heavy (non-hydrogen) atoms. The predicted molar refractivity (Wildman–Crippen MR) is 61.9 cm³/mol. The van der Waals surface area contributed by atoms with Gasteiger partial charge < -0.3 is 5.32 Å². The normalized spacial score (nSPS) is 20.1. The Labute approximate surface area is 91.3 Å². The van der Waals surface area contributed by atoms with Gasteiger partial charge >= 0.3 is 0 Å². The van der Waals surface area contributed by atoms with Gasteiger partial charge in [-0.25, -0.2) is 9.97 Å². The van der Waals surface area contributed by atoms with E-state index in [4.69, 9.17) is 0 Å². The fourth-order valence-electron chi connectivity index (χ4n) is 2.23. The van der Waals surface area contributed by atoms with Crippen LogP contribution in [0.15, 0.2) is 6.20 Å². The fraction of sp³-hybridized carbons (Fsp3) is 0.667. The second-order valence-corrected chi connectivity index (χ2v) is 4.66. The fourth-order valence-corrected chi connectivity index (χ4v) is 2.23. The molecular weight excluding hydrogens is 186 g/mol. The summed E-state index contributed by atoms with van der Waals surface area (Å²) in [5.41, 5.74) is 2.59. The second kappa shape index (κ2) is 4.17. The third kappa shape index (κ3) is 2.11. The summed E-state index contributed by atoms with van der Waals surface area (Å²) < 4.78 is 0. The summed E-state index contributed by atoms with van der Waals surface area (Å²) in [5.74, 6) is 2.32. The maximum atomic E-state index is 4.50. The van der Waals surface area contributed by atoms with Crippen LogP contribution in [0.3, 0.4) is 0 Å². The lowest BCUT2D eigenvalue weighted by Gasteiger charge is -2.26. The molecule has 1 heterocycles. The number of rotatable bonds is 2. The predicted octanol–water partition coefficient (Wildman–Crippen LogP) is 2.28. The topological polar surface area (TPSA) is 37.8 Å². The van der Waals surface area contributed by atoms with E-state index in [0.717, 1.165) is 30.6 Å². The van der Waals surface area contributed by atoms with Crippen LogP contribution >= 0.6 is 0 Å². The van der Waals surface area contributed by atoms with Crippen LogP contribution < -0.4 is 5.32 Å². The van der Waals surface area contributed by atoms with Crippen LogP contribution in [0.25, 0.3) is 0 Å². The van der Waals surface area contributed by atoms with Gasteiger partial charge in [0, 0.05) is 18.9 Å². The molecule has 3 heteroatoms. The van der Waals surface area contributed by atoms with Gasteiger partial charge in [0.1, 0.15) is 0 Å². The van der Waals surface area contributed by atoms with Crippen LogP contribution in [0.5, 0.6) is 0 Å². The van der Waals surface area contributed by atoms with E-state index >= 15 is 0 Å². The lowest BCUT2D eigenvalue weighted by Crippen LogP contribution is -2.20. The number of nitrogens with zero attached hydrogens (tertiary/aromatic N) is 2. The van der Waals surface area contributed by atoms with Gasteiger partial charge in [-0.15, -0.1) is 0 Å². The first-order chi connectivity index (χ1) is 7.20. The molecule has 3 nitrogen and oxygen atoms in total. The lowest BCUT2D eigenvalue weighted by atomic mass is 9.80. The molecule has 1 N–H and O–H groups in total. The molecular formula is C12H19N3. The summed E-state index contributed by atoms with van der Waals surface area (Å²) in [6.07, 6.45) is 5.51. The molecule has 0 bridgehead atoms. The van der Waals surface area contributed by atoms with E-state index in [1.807, 2.05) is 13.2 Å². The molecule has 82 valence electrons. The minimum Gasteiger partial charge on any atom is -0.357 e. The summed E-state index contributed by atoms with van der Waals surface area (Å²) >= 11 is 0. The highest BCUT2D eigenvalue weighted by atomic mass is 15.1. The Morgan fingerprint density at radius 3 is 2.93 bits per heavy atom. The Balaban J connectivity index is 2.21. The SMILES string of the molecule is CNc1ncc2c(n1)CCC(C(C)C)C2. The highest BCUT2D eigenvalue weighted by Crippen LogP contribution is 2.29. The van der Waals surface area contributed by atoms with Crippen molar-refractivity contribution in [2.75, 3.05) is 12.4 Å². The quantitative estimate of drug-likeness (QED) is 0.805. The summed E-state index contributed by atoms with van der Waals surface area (Å²) in [6.45, 7) is 4.61. The van der Waals surface area contributed by atoms with Crippen molar-refractivity contribution in [3.63, 3.8) is 0 Å². The molecule has 0 saturated heterocycles. The average molecular weight is 205 g/mol. The van der Waals surface area contributed by atoms with Crippen LogP contribution in [-0.4, -0.2) is 17.0 Å². The Kier molecular flexibility index (Phi) is 2.89. The summed E-state index contributed by atoms with van der Waals surface area (Å²) in [7, 11) is 1.86. The van der Waals surface area contributed by atoms with Crippen molar-refractivity contribution in [2.24, 2.45) is 11.8 Å². The van der Waals surface area contributed by atoms with Gasteiger partial charge in [-0.05, 0) is 36.7 Å². The van der Waals surface area contributed by atoms with Gasteiger partial charge in [0.2, 0.25) is 5.95 Å². The largest absolute Gasteiger partial charge is 0.357 e. The zero-order chi connectivity index (χ0) is 10.8. The molecule has 1 atom stereocenters. The number of hydrogen-bond donors (Lipinski definition) is 1. The molecule has 0 aliphatic heterocycles. The average Bonchev–Trinajstić information content (AvgIpc) is 2.27. The molecule has 1 aromatic rings. The Bertz CT molecular complexity index is 347. The van der Waals surface area contributed by atoms with Crippen LogP contribution in [0.1, 0.15) is 31.5 Å². The Morgan fingerprint density at radius 2 is 2.27 bits per heavy atom. The molecule has 1 unspecified atom stereocenters. The number of aromatic nitrogens is 2. The summed E-state index contributed by atoms with van der Waals surface area (Å²) in [4.78, 5) is 8.79. The molecule has 0 amide bonds. The lowest BCUT2D eigenvalue weighted by molar-refractivity contribution is 0.339. The van der Waals surface area contributed by atoms with E-state index in [1.165, 1.54) is 17.7 Å². The molecule has 1 aliphatic rings. The van der Waals surface area contributed by atoms with Crippen molar-refractivity contribution < 1.29 is 0 Å². The van der Waals surface area contributed by atoms with Gasteiger partial charge in [-0.1, -0.05) is 13.8 Å². The number of hydrogen-bond acceptors (Lipinski definition) is 3. The van der Waals surface area contributed by atoms with Crippen LogP contribution in [0, 0.1) is 11.8 Å². The summed E-state index contributed by atoms with van der Waals surface area (Å²) in [5, 5.41) is 2.99. The van der Waals surface area contributed by atoms with E-state index in [2.05, 4.69) is 29.1 Å². The zero-order valence-corrected chi connectivity index (χ0v) is 9.75. The minimum absolute atomic E-state index is 0.747. The van der Waals surface area contributed by atoms with Crippen LogP contribution in [0.4, 0.5) is 5.95 Å². The van der Waals surface area contributed by atoms with Gasteiger partial charge in [-0.2, -0.15) is 0 Å². The van der Waals surface area contributed by atoms with E-state index in [0.29, 0.717) is 0 Å². The first-order valence-corrected chi connectivity index (χ1v) is 5.73. The standard InChI is InChI=1S/C12H19N3/c1-8(2)9-4-5-11-10(6-9)7-14-12(13-3)15-11/h7-9H,4-6H2,1-3H3,(H,13,14,15). The molecule has 0 radical (unpaired) electrons.